The van der Waals surface area contributed by atoms with Crippen LogP contribution in [0.25, 0.3) is 0 Å². The minimum Gasteiger partial charge on any atom is -0.360 e. The second kappa shape index (κ2) is 5.03. The molecule has 0 amide bonds. The Bertz CT molecular complexity index is 355. The van der Waals surface area contributed by atoms with Crippen LogP contribution in [0.1, 0.15) is 6.92 Å². The van der Waals surface area contributed by atoms with Gasteiger partial charge in [0.05, 0.1) is 5.03 Å². The highest BCUT2D eigenvalue weighted by atomic mass is 35.5. The topological polar surface area (TPSA) is 35.9 Å². The van der Waals surface area contributed by atoms with Crippen LogP contribution in [0.15, 0.2) is 35.5 Å². The van der Waals surface area contributed by atoms with E-state index in [1.807, 2.05) is 12.1 Å². The summed E-state index contributed by atoms with van der Waals surface area (Å²) >= 11 is 11.5. The molecule has 0 atom stereocenters. The van der Waals surface area contributed by atoms with Crippen LogP contribution in [0.3, 0.4) is 0 Å². The monoisotopic (exact) mass is 228 g/mol. The lowest BCUT2D eigenvalue weighted by Gasteiger charge is -2.01. The lowest BCUT2D eigenvalue weighted by molar-refractivity contribution is 1.48. The van der Waals surface area contributed by atoms with Gasteiger partial charge in [-0.25, -0.2) is 0 Å². The minimum absolute atomic E-state index is 0.327. The number of nitrogens with one attached hydrogen (secondary N) is 2. The normalized spacial score (nSPS) is 11.2. The first-order valence-electron chi connectivity index (χ1n) is 4.03. The van der Waals surface area contributed by atoms with Crippen molar-refractivity contribution >= 4 is 34.6 Å². The molecule has 2 N–H and O–H groups in total. The Kier molecular flexibility index (Phi) is 3.98. The molecule has 14 heavy (non-hydrogen) atoms. The van der Waals surface area contributed by atoms with Crippen molar-refractivity contribution in [3.63, 3.8) is 0 Å². The van der Waals surface area contributed by atoms with Crippen molar-refractivity contribution in [2.45, 2.75) is 6.92 Å². The van der Waals surface area contributed by atoms with Gasteiger partial charge in [0.1, 0.15) is 0 Å². The van der Waals surface area contributed by atoms with Crippen LogP contribution in [-0.2, 0) is 0 Å². The predicted molar refractivity (Wildman–Crippen MR) is 62.4 cm³/mol. The Hall–Kier alpha value is -0.990. The van der Waals surface area contributed by atoms with Crippen LogP contribution >= 0.6 is 23.2 Å². The molecule has 0 spiro atoms. The molecular formula is C10H10Cl2N2. The first-order chi connectivity index (χ1) is 6.59. The molecule has 2 nitrogen and oxygen atoms in total. The Labute approximate surface area is 93.0 Å². The van der Waals surface area contributed by atoms with Crippen LogP contribution in [-0.4, -0.2) is 5.71 Å². The fourth-order valence-corrected chi connectivity index (χ4v) is 0.982. The summed E-state index contributed by atoms with van der Waals surface area (Å²) in [4.78, 5) is 0. The van der Waals surface area contributed by atoms with Crippen LogP contribution in [0.5, 0.6) is 0 Å². The highest BCUT2D eigenvalue weighted by Crippen LogP contribution is 2.14. The molecular weight excluding hydrogens is 219 g/mol. The molecule has 0 aliphatic rings. The van der Waals surface area contributed by atoms with Gasteiger partial charge in [-0.2, -0.15) is 0 Å². The van der Waals surface area contributed by atoms with Crippen molar-refractivity contribution in [2.24, 2.45) is 0 Å². The van der Waals surface area contributed by atoms with Crippen molar-refractivity contribution in [1.29, 1.82) is 5.41 Å². The molecule has 0 unspecified atom stereocenters. The SMILES string of the molecule is CC(=N)/C(Cl)=C\Nc1ccc(Cl)cc1. The van der Waals surface area contributed by atoms with E-state index in [0.29, 0.717) is 15.8 Å². The fraction of sp³-hybridized carbons (Fsp3) is 0.100. The highest BCUT2D eigenvalue weighted by Gasteiger charge is 1.94. The quantitative estimate of drug-likeness (QED) is 0.758. The maximum atomic E-state index is 7.24. The molecule has 4 heteroatoms. The van der Waals surface area contributed by atoms with Gasteiger partial charge in [0, 0.05) is 22.6 Å². The summed E-state index contributed by atoms with van der Waals surface area (Å²) in [6.07, 6.45) is 1.58. The number of hydrogen-bond acceptors (Lipinski definition) is 2. The molecule has 0 saturated heterocycles. The average Bonchev–Trinajstić information content (AvgIpc) is 2.16. The molecule has 1 aromatic rings. The van der Waals surface area contributed by atoms with Gasteiger partial charge in [-0.1, -0.05) is 23.2 Å². The molecule has 1 rings (SSSR count). The molecule has 0 aliphatic carbocycles. The van der Waals surface area contributed by atoms with Gasteiger partial charge in [0.15, 0.2) is 0 Å². The third-order valence-electron chi connectivity index (χ3n) is 1.57. The molecule has 0 fully saturated rings. The number of allylic oxidation sites excluding steroid dienone is 1. The maximum Gasteiger partial charge on any atom is 0.0770 e. The third-order valence-corrected chi connectivity index (χ3v) is 2.21. The second-order valence-electron chi connectivity index (χ2n) is 2.77. The van der Waals surface area contributed by atoms with Gasteiger partial charge in [-0.3, -0.25) is 0 Å². The van der Waals surface area contributed by atoms with Crippen LogP contribution in [0, 0.1) is 5.41 Å². The lowest BCUT2D eigenvalue weighted by atomic mass is 10.3. The summed E-state index contributed by atoms with van der Waals surface area (Å²) in [6.45, 7) is 1.63. The predicted octanol–water partition coefficient (Wildman–Crippen LogP) is 3.87. The third kappa shape index (κ3) is 3.40. The van der Waals surface area contributed by atoms with E-state index in [0.717, 1.165) is 5.69 Å². The number of hydrogen-bond donors (Lipinski definition) is 2. The van der Waals surface area contributed by atoms with E-state index >= 15 is 0 Å². The molecule has 0 bridgehead atoms. The number of halogens is 2. The van der Waals surface area contributed by atoms with E-state index in [-0.39, 0.29) is 0 Å². The lowest BCUT2D eigenvalue weighted by Crippen LogP contribution is -1.93. The maximum absolute atomic E-state index is 7.24. The number of rotatable bonds is 3. The van der Waals surface area contributed by atoms with Gasteiger partial charge in [0.25, 0.3) is 0 Å². The zero-order chi connectivity index (χ0) is 10.6. The molecule has 0 saturated carbocycles. The average molecular weight is 229 g/mol. The minimum atomic E-state index is 0.327. The smallest absolute Gasteiger partial charge is 0.0770 e. The van der Waals surface area contributed by atoms with Crippen molar-refractivity contribution in [3.05, 3.63) is 40.5 Å². The zero-order valence-corrected chi connectivity index (χ0v) is 9.15. The van der Waals surface area contributed by atoms with Crippen molar-refractivity contribution in [3.8, 4) is 0 Å². The van der Waals surface area contributed by atoms with Crippen molar-refractivity contribution < 1.29 is 0 Å². The van der Waals surface area contributed by atoms with E-state index in [1.54, 1.807) is 25.3 Å². The van der Waals surface area contributed by atoms with E-state index in [2.05, 4.69) is 5.32 Å². The second-order valence-corrected chi connectivity index (χ2v) is 3.61. The van der Waals surface area contributed by atoms with Crippen LogP contribution in [0.4, 0.5) is 5.69 Å². The van der Waals surface area contributed by atoms with E-state index in [1.165, 1.54) is 0 Å². The van der Waals surface area contributed by atoms with Crippen LogP contribution < -0.4 is 5.32 Å². The summed E-state index contributed by atoms with van der Waals surface area (Å²) in [7, 11) is 0. The molecule has 0 aromatic heterocycles. The Morgan fingerprint density at radius 1 is 1.36 bits per heavy atom. The molecule has 0 radical (unpaired) electrons. The van der Waals surface area contributed by atoms with Gasteiger partial charge >= 0.3 is 0 Å². The largest absolute Gasteiger partial charge is 0.360 e. The van der Waals surface area contributed by atoms with E-state index in [4.69, 9.17) is 28.6 Å². The Morgan fingerprint density at radius 3 is 2.43 bits per heavy atom. The summed E-state index contributed by atoms with van der Waals surface area (Å²) < 4.78 is 0. The molecule has 0 heterocycles. The van der Waals surface area contributed by atoms with Crippen molar-refractivity contribution in [1.82, 2.24) is 0 Å². The summed E-state index contributed by atoms with van der Waals surface area (Å²) in [5, 5.41) is 11.3. The first-order valence-corrected chi connectivity index (χ1v) is 4.78. The van der Waals surface area contributed by atoms with E-state index in [9.17, 15) is 0 Å². The molecule has 0 aliphatic heterocycles. The summed E-state index contributed by atoms with van der Waals surface area (Å²) in [6, 6.07) is 7.23. The zero-order valence-electron chi connectivity index (χ0n) is 7.64. The molecule has 74 valence electrons. The van der Waals surface area contributed by atoms with Crippen LogP contribution in [0.2, 0.25) is 5.02 Å². The number of anilines is 1. The summed E-state index contributed by atoms with van der Waals surface area (Å²) in [5.41, 5.74) is 1.21. The first kappa shape index (κ1) is 11.1. The molecule has 1 aromatic carbocycles. The van der Waals surface area contributed by atoms with Gasteiger partial charge < -0.3 is 10.7 Å². The van der Waals surface area contributed by atoms with Crippen molar-refractivity contribution in [2.75, 3.05) is 5.32 Å². The van der Waals surface area contributed by atoms with Gasteiger partial charge in [0.2, 0.25) is 0 Å². The fourth-order valence-electron chi connectivity index (χ4n) is 0.801. The number of benzene rings is 1. The van der Waals surface area contributed by atoms with Gasteiger partial charge in [-0.05, 0) is 31.2 Å². The Balaban J connectivity index is 2.66. The Morgan fingerprint density at radius 2 is 1.93 bits per heavy atom. The highest BCUT2D eigenvalue weighted by molar-refractivity contribution is 6.42. The summed E-state index contributed by atoms with van der Waals surface area (Å²) in [5.74, 6) is 0. The van der Waals surface area contributed by atoms with Gasteiger partial charge in [-0.15, -0.1) is 0 Å². The standard InChI is InChI=1S/C10H10Cl2N2/c1-7(13)10(12)6-14-9-4-2-8(11)3-5-9/h2-6,13-14H,1H3/b10-6+,13-7?. The van der Waals surface area contributed by atoms with E-state index < -0.39 is 0 Å².